The molecule has 2 aliphatic rings. The van der Waals surface area contributed by atoms with Crippen molar-refractivity contribution in [3.63, 3.8) is 0 Å². The number of ether oxygens (including phenoxy) is 1. The Balaban J connectivity index is 1.49. The number of piperazine rings is 1. The van der Waals surface area contributed by atoms with Crippen molar-refractivity contribution in [2.45, 2.75) is 38.8 Å². The summed E-state index contributed by atoms with van der Waals surface area (Å²) in [5.74, 6) is 0.878. The predicted molar refractivity (Wildman–Crippen MR) is 116 cm³/mol. The highest BCUT2D eigenvalue weighted by molar-refractivity contribution is 5.94. The van der Waals surface area contributed by atoms with Crippen LogP contribution in [0, 0.1) is 0 Å². The topological polar surface area (TPSA) is 86.3 Å². The number of carbonyl (C=O) groups excluding carboxylic acids is 2. The highest BCUT2D eigenvalue weighted by atomic mass is 16.5. The molecule has 1 aromatic carbocycles. The summed E-state index contributed by atoms with van der Waals surface area (Å²) in [5, 5.41) is 6.28. The van der Waals surface area contributed by atoms with Crippen LogP contribution in [-0.4, -0.2) is 80.1 Å². The summed E-state index contributed by atoms with van der Waals surface area (Å²) in [6.45, 7) is 6.79. The van der Waals surface area contributed by atoms with E-state index in [0.29, 0.717) is 38.3 Å². The maximum absolute atomic E-state index is 12.5. The van der Waals surface area contributed by atoms with Gasteiger partial charge in [0, 0.05) is 58.5 Å². The van der Waals surface area contributed by atoms with Crippen LogP contribution in [0.4, 0.5) is 0 Å². The molecule has 0 aromatic heterocycles. The fourth-order valence-electron chi connectivity index (χ4n) is 3.79. The number of carbonyl (C=O) groups is 2. The highest BCUT2D eigenvalue weighted by Crippen LogP contribution is 2.16. The van der Waals surface area contributed by atoms with E-state index in [9.17, 15) is 9.59 Å². The van der Waals surface area contributed by atoms with Crippen molar-refractivity contribution >= 4 is 17.8 Å². The van der Waals surface area contributed by atoms with Crippen molar-refractivity contribution in [3.05, 3.63) is 35.4 Å². The van der Waals surface area contributed by atoms with Crippen molar-refractivity contribution in [1.82, 2.24) is 20.4 Å². The Kier molecular flexibility index (Phi) is 8.07. The van der Waals surface area contributed by atoms with Crippen LogP contribution in [0.25, 0.3) is 0 Å². The number of amides is 2. The molecular weight excluding hydrogens is 382 g/mol. The summed E-state index contributed by atoms with van der Waals surface area (Å²) < 4.78 is 5.53. The third kappa shape index (κ3) is 5.72. The maximum Gasteiger partial charge on any atom is 0.251 e. The second-order valence-corrected chi connectivity index (χ2v) is 7.67. The van der Waals surface area contributed by atoms with Crippen molar-refractivity contribution < 1.29 is 14.3 Å². The van der Waals surface area contributed by atoms with Gasteiger partial charge in [0.25, 0.3) is 11.8 Å². The molecule has 3 rings (SSSR count). The molecule has 2 heterocycles. The number of aliphatic imine (C=N–C) groups is 1. The number of benzene rings is 1. The van der Waals surface area contributed by atoms with Crippen LogP contribution in [0.15, 0.2) is 29.3 Å². The van der Waals surface area contributed by atoms with E-state index in [-0.39, 0.29) is 17.9 Å². The normalized spacial score (nSPS) is 19.7. The first-order valence-electron chi connectivity index (χ1n) is 10.9. The molecule has 8 nitrogen and oxygen atoms in total. The zero-order chi connectivity index (χ0) is 21.3. The molecule has 164 valence electrons. The van der Waals surface area contributed by atoms with Crippen molar-refractivity contribution in [1.29, 1.82) is 0 Å². The van der Waals surface area contributed by atoms with E-state index in [1.807, 2.05) is 36.1 Å². The van der Waals surface area contributed by atoms with Crippen LogP contribution >= 0.6 is 0 Å². The fraction of sp³-hybridized carbons (Fsp3) is 0.591. The number of hydrogen-bond acceptors (Lipinski definition) is 4. The Hall–Kier alpha value is -2.61. The summed E-state index contributed by atoms with van der Waals surface area (Å²) >= 11 is 0. The molecule has 2 amide bonds. The first kappa shape index (κ1) is 22.1. The van der Waals surface area contributed by atoms with Gasteiger partial charge in [0.05, 0.1) is 0 Å². The number of nitrogens with zero attached hydrogens (tertiary/aromatic N) is 3. The van der Waals surface area contributed by atoms with Crippen LogP contribution in [0.2, 0.25) is 0 Å². The first-order chi connectivity index (χ1) is 14.6. The van der Waals surface area contributed by atoms with Crippen molar-refractivity contribution in [3.8, 4) is 0 Å². The van der Waals surface area contributed by atoms with E-state index in [4.69, 9.17) is 4.74 Å². The molecule has 2 aliphatic heterocycles. The molecular formula is C22H33N5O3. The average Bonchev–Trinajstić information content (AvgIpc) is 3.33. The lowest BCUT2D eigenvalue weighted by Gasteiger charge is -2.37. The van der Waals surface area contributed by atoms with Crippen LogP contribution in [0.3, 0.4) is 0 Å². The van der Waals surface area contributed by atoms with Gasteiger partial charge in [0.1, 0.15) is 6.10 Å². The largest absolute Gasteiger partial charge is 0.368 e. The van der Waals surface area contributed by atoms with Gasteiger partial charge in [0.15, 0.2) is 5.96 Å². The minimum Gasteiger partial charge on any atom is -0.368 e. The maximum atomic E-state index is 12.5. The second kappa shape index (κ2) is 11.0. The molecule has 8 heteroatoms. The lowest BCUT2D eigenvalue weighted by atomic mass is 10.1. The van der Waals surface area contributed by atoms with E-state index in [1.165, 1.54) is 0 Å². The average molecular weight is 416 g/mol. The van der Waals surface area contributed by atoms with Crippen LogP contribution in [-0.2, 0) is 16.1 Å². The Morgan fingerprint density at radius 2 is 1.93 bits per heavy atom. The Morgan fingerprint density at radius 3 is 2.60 bits per heavy atom. The molecule has 2 N–H and O–H groups in total. The molecule has 0 bridgehead atoms. The Labute approximate surface area is 178 Å². The van der Waals surface area contributed by atoms with Gasteiger partial charge in [-0.05, 0) is 37.0 Å². The lowest BCUT2D eigenvalue weighted by molar-refractivity contribution is -0.142. The number of guanidine groups is 1. The Morgan fingerprint density at radius 1 is 1.17 bits per heavy atom. The first-order valence-corrected chi connectivity index (χ1v) is 10.9. The minimum absolute atomic E-state index is 0.0462. The third-order valence-corrected chi connectivity index (χ3v) is 5.48. The van der Waals surface area contributed by atoms with Gasteiger partial charge in [-0.15, -0.1) is 0 Å². The smallest absolute Gasteiger partial charge is 0.251 e. The van der Waals surface area contributed by atoms with Gasteiger partial charge in [0.2, 0.25) is 0 Å². The van der Waals surface area contributed by atoms with E-state index < -0.39 is 0 Å². The van der Waals surface area contributed by atoms with E-state index in [0.717, 1.165) is 43.9 Å². The van der Waals surface area contributed by atoms with E-state index in [2.05, 4.69) is 20.5 Å². The molecule has 30 heavy (non-hydrogen) atoms. The highest BCUT2D eigenvalue weighted by Gasteiger charge is 2.30. The molecule has 0 saturated carbocycles. The lowest BCUT2D eigenvalue weighted by Crippen LogP contribution is -2.55. The van der Waals surface area contributed by atoms with Gasteiger partial charge < -0.3 is 25.2 Å². The third-order valence-electron chi connectivity index (χ3n) is 5.48. The van der Waals surface area contributed by atoms with Gasteiger partial charge in [-0.3, -0.25) is 14.6 Å². The van der Waals surface area contributed by atoms with Crippen molar-refractivity contribution in [2.75, 3.05) is 46.4 Å². The number of nitrogens with one attached hydrogen (secondary N) is 2. The molecule has 0 aliphatic carbocycles. The monoisotopic (exact) mass is 415 g/mol. The van der Waals surface area contributed by atoms with Gasteiger partial charge in [-0.1, -0.05) is 19.1 Å². The number of hydrogen-bond donors (Lipinski definition) is 2. The summed E-state index contributed by atoms with van der Waals surface area (Å²) in [7, 11) is 1.76. The summed E-state index contributed by atoms with van der Waals surface area (Å²) in [5.41, 5.74) is 1.69. The molecule has 2 fully saturated rings. The fourth-order valence-corrected chi connectivity index (χ4v) is 3.79. The zero-order valence-corrected chi connectivity index (χ0v) is 18.0. The summed E-state index contributed by atoms with van der Waals surface area (Å²) in [6.07, 6.45) is 2.46. The predicted octanol–water partition coefficient (Wildman–Crippen LogP) is 1.23. The van der Waals surface area contributed by atoms with Crippen LogP contribution < -0.4 is 10.6 Å². The summed E-state index contributed by atoms with van der Waals surface area (Å²) in [4.78, 5) is 33.1. The standard InChI is InChI=1S/C22H33N5O3/c1-3-9-24-20(28)18-7-4-6-17(15-18)16-25-22(23-2)27-12-10-26(11-13-27)21(29)19-8-5-14-30-19/h4,6-7,15,19H,3,5,8-14,16H2,1-2H3,(H,23,25)(H,24,28). The second-order valence-electron chi connectivity index (χ2n) is 7.67. The van der Waals surface area contributed by atoms with Crippen LogP contribution in [0.1, 0.15) is 42.1 Å². The molecule has 0 spiro atoms. The Bertz CT molecular complexity index is 753. The molecule has 2 saturated heterocycles. The minimum atomic E-state index is -0.254. The quantitative estimate of drug-likeness (QED) is 0.539. The van der Waals surface area contributed by atoms with Crippen molar-refractivity contribution in [2.24, 2.45) is 4.99 Å². The van der Waals surface area contributed by atoms with Gasteiger partial charge >= 0.3 is 0 Å². The molecule has 1 atom stereocenters. The van der Waals surface area contributed by atoms with Gasteiger partial charge in [-0.25, -0.2) is 0 Å². The molecule has 0 radical (unpaired) electrons. The van der Waals surface area contributed by atoms with E-state index in [1.54, 1.807) is 7.05 Å². The van der Waals surface area contributed by atoms with Crippen LogP contribution in [0.5, 0.6) is 0 Å². The number of rotatable bonds is 6. The SMILES string of the molecule is CCCNC(=O)c1cccc(CNC(=NC)N2CCN(C(=O)C3CCCO3)CC2)c1. The molecule has 1 aromatic rings. The molecule has 1 unspecified atom stereocenters. The zero-order valence-electron chi connectivity index (χ0n) is 18.0. The van der Waals surface area contributed by atoms with E-state index >= 15 is 0 Å². The summed E-state index contributed by atoms with van der Waals surface area (Å²) in [6, 6.07) is 7.63. The van der Waals surface area contributed by atoms with Gasteiger partial charge in [-0.2, -0.15) is 0 Å².